The Morgan fingerprint density at radius 1 is 1.21 bits per heavy atom. The summed E-state index contributed by atoms with van der Waals surface area (Å²) in [5.41, 5.74) is 1.80. The van der Waals surface area contributed by atoms with E-state index in [1.54, 1.807) is 13.1 Å². The second kappa shape index (κ2) is 12.1. The number of benzene rings is 1. The van der Waals surface area contributed by atoms with Gasteiger partial charge in [-0.1, -0.05) is 26.0 Å². The SMILES string of the molecule is CN=C(NCCCN1CC(C)CC(C)C1)NCc1ccc(S(C)(=O)=O)c(C)c1.I. The average Bonchev–Trinajstić information content (AvgIpc) is 2.59. The van der Waals surface area contributed by atoms with Gasteiger partial charge in [-0.05, 0) is 55.3 Å². The van der Waals surface area contributed by atoms with E-state index in [0.29, 0.717) is 11.4 Å². The first kappa shape index (κ1) is 26.2. The smallest absolute Gasteiger partial charge is 0.191 e. The molecule has 2 N–H and O–H groups in total. The van der Waals surface area contributed by atoms with E-state index >= 15 is 0 Å². The Balaban J connectivity index is 0.00000420. The van der Waals surface area contributed by atoms with E-state index in [2.05, 4.69) is 34.4 Å². The number of nitrogens with one attached hydrogen (secondary N) is 2. The molecule has 166 valence electrons. The fraction of sp³-hybridized carbons (Fsp3) is 0.667. The number of likely N-dealkylation sites (tertiary alicyclic amines) is 1. The van der Waals surface area contributed by atoms with Crippen LogP contribution in [0.5, 0.6) is 0 Å². The van der Waals surface area contributed by atoms with Crippen molar-refractivity contribution in [3.8, 4) is 0 Å². The van der Waals surface area contributed by atoms with Crippen LogP contribution in [0.3, 0.4) is 0 Å². The summed E-state index contributed by atoms with van der Waals surface area (Å²) in [6.07, 6.45) is 3.67. The van der Waals surface area contributed by atoms with Gasteiger partial charge in [-0.25, -0.2) is 8.42 Å². The largest absolute Gasteiger partial charge is 0.356 e. The highest BCUT2D eigenvalue weighted by Crippen LogP contribution is 2.20. The fourth-order valence-corrected chi connectivity index (χ4v) is 5.09. The molecule has 1 heterocycles. The highest BCUT2D eigenvalue weighted by molar-refractivity contribution is 14.0. The Morgan fingerprint density at radius 3 is 2.41 bits per heavy atom. The maximum absolute atomic E-state index is 11.7. The molecule has 2 unspecified atom stereocenters. The van der Waals surface area contributed by atoms with Gasteiger partial charge in [-0.3, -0.25) is 4.99 Å². The van der Waals surface area contributed by atoms with Crippen molar-refractivity contribution in [2.45, 2.75) is 45.1 Å². The van der Waals surface area contributed by atoms with Crippen LogP contribution in [0, 0.1) is 18.8 Å². The number of nitrogens with zero attached hydrogens (tertiary/aromatic N) is 2. The first-order chi connectivity index (χ1) is 13.2. The summed E-state index contributed by atoms with van der Waals surface area (Å²) in [6, 6.07) is 5.44. The maximum Gasteiger partial charge on any atom is 0.191 e. The molecule has 0 saturated carbocycles. The second-order valence-corrected chi connectivity index (χ2v) is 10.3. The molecule has 1 aliphatic heterocycles. The Morgan fingerprint density at radius 2 is 1.86 bits per heavy atom. The number of rotatable bonds is 7. The van der Waals surface area contributed by atoms with Crippen LogP contribution < -0.4 is 10.6 Å². The van der Waals surface area contributed by atoms with Crippen molar-refractivity contribution in [3.63, 3.8) is 0 Å². The number of hydrogen-bond donors (Lipinski definition) is 2. The van der Waals surface area contributed by atoms with Gasteiger partial charge in [0.05, 0.1) is 4.90 Å². The highest BCUT2D eigenvalue weighted by Gasteiger charge is 2.21. The summed E-state index contributed by atoms with van der Waals surface area (Å²) in [5.74, 6) is 2.36. The molecule has 1 fully saturated rings. The fourth-order valence-electron chi connectivity index (χ4n) is 4.13. The van der Waals surface area contributed by atoms with Gasteiger partial charge in [-0.2, -0.15) is 0 Å². The maximum atomic E-state index is 11.7. The lowest BCUT2D eigenvalue weighted by Crippen LogP contribution is -2.41. The molecule has 1 saturated heterocycles. The topological polar surface area (TPSA) is 73.8 Å². The number of guanidine groups is 1. The molecule has 2 rings (SSSR count). The van der Waals surface area contributed by atoms with Crippen LogP contribution in [0.15, 0.2) is 28.1 Å². The number of sulfone groups is 1. The van der Waals surface area contributed by atoms with E-state index in [1.807, 2.05) is 19.1 Å². The molecule has 1 aromatic carbocycles. The zero-order chi connectivity index (χ0) is 20.7. The normalized spacial score (nSPS) is 20.8. The minimum Gasteiger partial charge on any atom is -0.356 e. The van der Waals surface area contributed by atoms with Crippen LogP contribution in [0.4, 0.5) is 0 Å². The Bertz CT molecular complexity index is 773. The summed E-state index contributed by atoms with van der Waals surface area (Å²) in [6.45, 7) is 11.5. The molecule has 0 radical (unpaired) electrons. The van der Waals surface area contributed by atoms with Crippen molar-refractivity contribution in [3.05, 3.63) is 29.3 Å². The van der Waals surface area contributed by atoms with E-state index in [0.717, 1.165) is 48.4 Å². The van der Waals surface area contributed by atoms with Crippen LogP contribution in [-0.4, -0.2) is 58.8 Å². The molecule has 1 aliphatic rings. The minimum atomic E-state index is -3.18. The van der Waals surface area contributed by atoms with Gasteiger partial charge >= 0.3 is 0 Å². The minimum absolute atomic E-state index is 0. The van der Waals surface area contributed by atoms with Crippen LogP contribution in [-0.2, 0) is 16.4 Å². The summed E-state index contributed by atoms with van der Waals surface area (Å²) in [7, 11) is -1.41. The lowest BCUT2D eigenvalue weighted by Gasteiger charge is -2.35. The van der Waals surface area contributed by atoms with Crippen LogP contribution in [0.25, 0.3) is 0 Å². The van der Waals surface area contributed by atoms with Crippen molar-refractivity contribution in [2.75, 3.05) is 39.5 Å². The van der Waals surface area contributed by atoms with Crippen LogP contribution in [0.2, 0.25) is 0 Å². The monoisotopic (exact) mass is 536 g/mol. The molecule has 29 heavy (non-hydrogen) atoms. The predicted molar refractivity (Wildman–Crippen MR) is 132 cm³/mol. The molecular formula is C21H37IN4O2S. The lowest BCUT2D eigenvalue weighted by molar-refractivity contribution is 0.140. The summed E-state index contributed by atoms with van der Waals surface area (Å²) >= 11 is 0. The number of hydrogen-bond acceptors (Lipinski definition) is 4. The molecule has 0 spiro atoms. The Hall–Kier alpha value is -0.870. The average molecular weight is 537 g/mol. The third-order valence-electron chi connectivity index (χ3n) is 5.21. The van der Waals surface area contributed by atoms with Gasteiger partial charge in [0, 0.05) is 39.5 Å². The zero-order valence-corrected chi connectivity index (χ0v) is 21.5. The molecule has 0 amide bonds. The number of halogens is 1. The van der Waals surface area contributed by atoms with E-state index in [4.69, 9.17) is 0 Å². The van der Waals surface area contributed by atoms with Gasteiger partial charge in [0.1, 0.15) is 0 Å². The second-order valence-electron chi connectivity index (χ2n) is 8.28. The van der Waals surface area contributed by atoms with Gasteiger partial charge < -0.3 is 15.5 Å². The first-order valence-corrected chi connectivity index (χ1v) is 12.0. The predicted octanol–water partition coefficient (Wildman–Crippen LogP) is 3.05. The van der Waals surface area contributed by atoms with Crippen molar-refractivity contribution in [1.29, 1.82) is 0 Å². The highest BCUT2D eigenvalue weighted by atomic mass is 127. The summed E-state index contributed by atoms with van der Waals surface area (Å²) in [5, 5.41) is 6.67. The Labute approximate surface area is 193 Å². The van der Waals surface area contributed by atoms with Gasteiger partial charge in [0.15, 0.2) is 15.8 Å². The molecule has 0 bridgehead atoms. The van der Waals surface area contributed by atoms with E-state index in [9.17, 15) is 8.42 Å². The van der Waals surface area contributed by atoms with E-state index in [1.165, 1.54) is 25.8 Å². The van der Waals surface area contributed by atoms with Crippen molar-refractivity contribution >= 4 is 39.8 Å². The van der Waals surface area contributed by atoms with Gasteiger partial charge in [0.25, 0.3) is 0 Å². The third-order valence-corrected chi connectivity index (χ3v) is 6.47. The molecule has 6 nitrogen and oxygen atoms in total. The third kappa shape index (κ3) is 8.80. The molecule has 2 atom stereocenters. The zero-order valence-electron chi connectivity index (χ0n) is 18.4. The van der Waals surface area contributed by atoms with Crippen molar-refractivity contribution in [1.82, 2.24) is 15.5 Å². The van der Waals surface area contributed by atoms with Crippen molar-refractivity contribution < 1.29 is 8.42 Å². The first-order valence-electron chi connectivity index (χ1n) is 10.2. The summed E-state index contributed by atoms with van der Waals surface area (Å²) < 4.78 is 23.5. The molecule has 0 aliphatic carbocycles. The molecule has 0 aromatic heterocycles. The quantitative estimate of drug-likeness (QED) is 0.243. The van der Waals surface area contributed by atoms with Crippen LogP contribution in [0.1, 0.15) is 37.8 Å². The molecule has 1 aromatic rings. The van der Waals surface area contributed by atoms with Gasteiger partial charge in [-0.15, -0.1) is 24.0 Å². The van der Waals surface area contributed by atoms with Crippen LogP contribution >= 0.6 is 24.0 Å². The standard InChI is InChI=1S/C21H36N4O2S.HI/c1-16-11-17(2)15-25(14-16)10-6-9-23-21(22-4)24-13-19-7-8-20(18(3)12-19)28(5,26)27;/h7-8,12,16-17H,6,9-11,13-15H2,1-5H3,(H2,22,23,24);1H. The van der Waals surface area contributed by atoms with E-state index < -0.39 is 9.84 Å². The summed E-state index contributed by atoms with van der Waals surface area (Å²) in [4.78, 5) is 7.24. The number of aryl methyl sites for hydroxylation is 1. The van der Waals surface area contributed by atoms with Crippen molar-refractivity contribution in [2.24, 2.45) is 16.8 Å². The lowest BCUT2D eigenvalue weighted by atomic mass is 9.92. The molecule has 8 heteroatoms. The molecular weight excluding hydrogens is 499 g/mol. The Kier molecular flexibility index (Phi) is 10.9. The van der Waals surface area contributed by atoms with E-state index in [-0.39, 0.29) is 24.0 Å². The number of piperidine rings is 1. The van der Waals surface area contributed by atoms with Gasteiger partial charge in [0.2, 0.25) is 0 Å². The number of aliphatic imine (C=N–C) groups is 1.